The number of benzene rings is 2. The van der Waals surface area contributed by atoms with E-state index in [1.807, 2.05) is 4.90 Å². The minimum Gasteiger partial charge on any atom is -0.344 e. The van der Waals surface area contributed by atoms with Gasteiger partial charge >= 0.3 is 6.03 Å². The number of piperazine rings is 1. The second-order valence-electron chi connectivity index (χ2n) is 10.8. The molecule has 2 atom stereocenters. The summed E-state index contributed by atoms with van der Waals surface area (Å²) >= 11 is 1.52. The van der Waals surface area contributed by atoms with Crippen molar-refractivity contribution < 1.29 is 9.18 Å². The Morgan fingerprint density at radius 2 is 1.83 bits per heavy atom. The molecular formula is C27H32FN5OS. The Morgan fingerprint density at radius 1 is 1.11 bits per heavy atom. The van der Waals surface area contributed by atoms with Crippen molar-refractivity contribution in [3.63, 3.8) is 0 Å². The molecule has 0 radical (unpaired) electrons. The molecule has 0 bridgehead atoms. The van der Waals surface area contributed by atoms with Crippen molar-refractivity contribution in [3.8, 4) is 0 Å². The van der Waals surface area contributed by atoms with Crippen LogP contribution in [0.25, 0.3) is 10.2 Å². The maximum Gasteiger partial charge on any atom is 0.318 e. The van der Waals surface area contributed by atoms with E-state index in [1.54, 1.807) is 12.1 Å². The zero-order chi connectivity index (χ0) is 24.2. The van der Waals surface area contributed by atoms with E-state index in [4.69, 9.17) is 4.98 Å². The number of thiazole rings is 1. The van der Waals surface area contributed by atoms with Crippen LogP contribution in [0.2, 0.25) is 0 Å². The van der Waals surface area contributed by atoms with Gasteiger partial charge in [-0.15, -0.1) is 0 Å². The molecule has 2 aromatic carbocycles. The standard InChI is InChI=1S/C27H32FN5OS/c1-18-13-32(26-30-23-9-8-21(28)10-24(23)35-26)14-19(2)33(18)25(34)29-22-11-27(12-22)16-31(17-27)15-20-6-4-3-5-7-20/h3-10,18-19,22H,11-17H2,1-2H3,(H,29,34)/t18-,19+. The summed E-state index contributed by atoms with van der Waals surface area (Å²) < 4.78 is 14.4. The van der Waals surface area contributed by atoms with Gasteiger partial charge in [-0.1, -0.05) is 41.7 Å². The van der Waals surface area contributed by atoms with E-state index < -0.39 is 0 Å². The molecule has 1 saturated carbocycles. The van der Waals surface area contributed by atoms with E-state index in [1.165, 1.54) is 23.0 Å². The van der Waals surface area contributed by atoms with Crippen molar-refractivity contribution in [2.24, 2.45) is 5.41 Å². The number of hydrogen-bond acceptors (Lipinski definition) is 5. The first-order chi connectivity index (χ1) is 16.9. The number of fused-ring (bicyclic) bond motifs is 1. The van der Waals surface area contributed by atoms with E-state index >= 15 is 0 Å². The first kappa shape index (κ1) is 22.7. The topological polar surface area (TPSA) is 51.7 Å². The molecule has 3 aliphatic rings. The van der Waals surface area contributed by atoms with Gasteiger partial charge in [0.1, 0.15) is 5.82 Å². The highest BCUT2D eigenvalue weighted by molar-refractivity contribution is 7.22. The predicted molar refractivity (Wildman–Crippen MR) is 138 cm³/mol. The second kappa shape index (κ2) is 8.75. The van der Waals surface area contributed by atoms with Crippen molar-refractivity contribution in [2.45, 2.75) is 51.4 Å². The molecule has 3 aromatic rings. The number of halogens is 1. The Kier molecular flexibility index (Phi) is 5.68. The lowest BCUT2D eigenvalue weighted by molar-refractivity contribution is -0.0812. The van der Waals surface area contributed by atoms with Crippen LogP contribution in [0, 0.1) is 11.2 Å². The normalized spacial score (nSPS) is 24.4. The summed E-state index contributed by atoms with van der Waals surface area (Å²) in [6, 6.07) is 15.8. The number of anilines is 1. The molecule has 2 saturated heterocycles. The molecular weight excluding hydrogens is 461 g/mol. The molecule has 1 aliphatic carbocycles. The van der Waals surface area contributed by atoms with Gasteiger partial charge in [0.15, 0.2) is 5.13 Å². The Hall–Kier alpha value is -2.71. The lowest BCUT2D eigenvalue weighted by Gasteiger charge is -2.59. The van der Waals surface area contributed by atoms with E-state index in [0.29, 0.717) is 5.41 Å². The third kappa shape index (κ3) is 4.38. The van der Waals surface area contributed by atoms with Crippen LogP contribution < -0.4 is 10.2 Å². The van der Waals surface area contributed by atoms with Crippen molar-refractivity contribution in [1.29, 1.82) is 0 Å². The molecule has 2 amide bonds. The summed E-state index contributed by atoms with van der Waals surface area (Å²) in [4.78, 5) is 24.6. The number of aromatic nitrogens is 1. The second-order valence-corrected chi connectivity index (χ2v) is 11.8. The average molecular weight is 494 g/mol. The van der Waals surface area contributed by atoms with Crippen molar-refractivity contribution in [3.05, 3.63) is 59.9 Å². The van der Waals surface area contributed by atoms with Crippen LogP contribution in [-0.4, -0.2) is 65.1 Å². The molecule has 3 fully saturated rings. The predicted octanol–water partition coefficient (Wildman–Crippen LogP) is 4.71. The summed E-state index contributed by atoms with van der Waals surface area (Å²) in [5, 5.41) is 4.21. The van der Waals surface area contributed by atoms with Crippen LogP contribution in [0.4, 0.5) is 14.3 Å². The van der Waals surface area contributed by atoms with Crippen molar-refractivity contribution >= 4 is 32.7 Å². The fourth-order valence-electron chi connectivity index (χ4n) is 6.35. The Bertz CT molecular complexity index is 1210. The van der Waals surface area contributed by atoms with Gasteiger partial charge in [-0.2, -0.15) is 0 Å². The summed E-state index contributed by atoms with van der Waals surface area (Å²) in [5.41, 5.74) is 2.59. The number of likely N-dealkylation sites (tertiary alicyclic amines) is 1. The molecule has 6 rings (SSSR count). The summed E-state index contributed by atoms with van der Waals surface area (Å²) in [6.45, 7) is 8.93. The van der Waals surface area contributed by atoms with Crippen LogP contribution in [0.3, 0.4) is 0 Å². The molecule has 3 heterocycles. The van der Waals surface area contributed by atoms with Gasteiger partial charge in [-0.05, 0) is 55.9 Å². The Labute approximate surface area is 209 Å². The van der Waals surface area contributed by atoms with Gasteiger partial charge in [0.05, 0.1) is 10.2 Å². The lowest BCUT2D eigenvalue weighted by Crippen LogP contribution is -2.68. The molecule has 1 spiro atoms. The Balaban J connectivity index is 1.00. The van der Waals surface area contributed by atoms with Gasteiger partial charge < -0.3 is 15.1 Å². The van der Waals surface area contributed by atoms with E-state index in [2.05, 4.69) is 59.3 Å². The quantitative estimate of drug-likeness (QED) is 0.572. The van der Waals surface area contributed by atoms with E-state index in [0.717, 1.165) is 60.9 Å². The third-order valence-electron chi connectivity index (χ3n) is 7.82. The zero-order valence-corrected chi connectivity index (χ0v) is 21.1. The van der Waals surface area contributed by atoms with E-state index in [-0.39, 0.29) is 30.0 Å². The SMILES string of the molecule is C[C@@H]1CN(c2nc3ccc(F)cc3s2)C[C@H](C)N1C(=O)NC1CC2(C1)CN(Cc1ccccc1)C2. The maximum atomic E-state index is 13.6. The van der Waals surface area contributed by atoms with Gasteiger partial charge in [0.25, 0.3) is 0 Å². The monoisotopic (exact) mass is 493 g/mol. The number of nitrogens with zero attached hydrogens (tertiary/aromatic N) is 4. The molecule has 1 aromatic heterocycles. The number of hydrogen-bond donors (Lipinski definition) is 1. The summed E-state index contributed by atoms with van der Waals surface area (Å²) in [6.07, 6.45) is 2.16. The van der Waals surface area contributed by atoms with Crippen LogP contribution >= 0.6 is 11.3 Å². The summed E-state index contributed by atoms with van der Waals surface area (Å²) in [5.74, 6) is -0.237. The maximum absolute atomic E-state index is 13.6. The highest BCUT2D eigenvalue weighted by atomic mass is 32.1. The molecule has 6 nitrogen and oxygen atoms in total. The first-order valence-electron chi connectivity index (χ1n) is 12.5. The van der Waals surface area contributed by atoms with Crippen LogP contribution in [0.15, 0.2) is 48.5 Å². The molecule has 1 N–H and O–H groups in total. The molecule has 184 valence electrons. The molecule has 35 heavy (non-hydrogen) atoms. The first-order valence-corrected chi connectivity index (χ1v) is 13.4. The van der Waals surface area contributed by atoms with Crippen LogP contribution in [-0.2, 0) is 6.54 Å². The number of carbonyl (C=O) groups is 1. The zero-order valence-electron chi connectivity index (χ0n) is 20.3. The highest BCUT2D eigenvalue weighted by Crippen LogP contribution is 2.48. The minimum atomic E-state index is -0.237. The summed E-state index contributed by atoms with van der Waals surface area (Å²) in [7, 11) is 0. The van der Waals surface area contributed by atoms with Gasteiger partial charge in [-0.3, -0.25) is 4.90 Å². The van der Waals surface area contributed by atoms with Gasteiger partial charge in [-0.25, -0.2) is 14.2 Å². The number of urea groups is 1. The highest BCUT2D eigenvalue weighted by Gasteiger charge is 2.52. The smallest absolute Gasteiger partial charge is 0.318 e. The third-order valence-corrected chi connectivity index (χ3v) is 8.90. The number of carbonyl (C=O) groups excluding carboxylic acids is 1. The van der Waals surface area contributed by atoms with Gasteiger partial charge in [0.2, 0.25) is 0 Å². The van der Waals surface area contributed by atoms with Crippen molar-refractivity contribution in [1.82, 2.24) is 20.1 Å². The fourth-order valence-corrected chi connectivity index (χ4v) is 7.36. The largest absolute Gasteiger partial charge is 0.344 e. The molecule has 0 unspecified atom stereocenters. The van der Waals surface area contributed by atoms with Crippen molar-refractivity contribution in [2.75, 3.05) is 31.1 Å². The fraction of sp³-hybridized carbons (Fsp3) is 0.481. The van der Waals surface area contributed by atoms with Crippen LogP contribution in [0.5, 0.6) is 0 Å². The van der Waals surface area contributed by atoms with Gasteiger partial charge in [0, 0.05) is 50.8 Å². The molecule has 8 heteroatoms. The van der Waals surface area contributed by atoms with E-state index in [9.17, 15) is 9.18 Å². The number of nitrogens with one attached hydrogen (secondary N) is 1. The Morgan fingerprint density at radius 3 is 2.54 bits per heavy atom. The minimum absolute atomic E-state index is 0.0522. The lowest BCUT2D eigenvalue weighted by atomic mass is 9.60. The number of rotatable bonds is 4. The molecule has 2 aliphatic heterocycles. The number of amides is 2. The average Bonchev–Trinajstić information content (AvgIpc) is 3.19. The van der Waals surface area contributed by atoms with Crippen LogP contribution in [0.1, 0.15) is 32.3 Å².